The first-order valence-electron chi connectivity index (χ1n) is 5.30. The lowest BCUT2D eigenvalue weighted by Crippen LogP contribution is -2.33. The highest BCUT2D eigenvalue weighted by Gasteiger charge is 2.50. The molecule has 1 heterocycles. The van der Waals surface area contributed by atoms with Gasteiger partial charge in [-0.2, -0.15) is 5.26 Å². The number of amides is 1. The molecule has 1 aromatic heterocycles. The van der Waals surface area contributed by atoms with Crippen LogP contribution in [0.2, 0.25) is 0 Å². The van der Waals surface area contributed by atoms with Crippen molar-refractivity contribution < 1.29 is 4.79 Å². The van der Waals surface area contributed by atoms with Crippen LogP contribution in [0.25, 0.3) is 0 Å². The SMILES string of the molecule is CC(NC(=O)C1(C#N)CC1)c1cccnc1. The molecule has 0 aliphatic heterocycles. The molecule has 4 nitrogen and oxygen atoms in total. The maximum atomic E-state index is 11.8. The van der Waals surface area contributed by atoms with Gasteiger partial charge < -0.3 is 5.32 Å². The molecule has 0 bridgehead atoms. The number of hydrogen-bond acceptors (Lipinski definition) is 3. The van der Waals surface area contributed by atoms with E-state index in [4.69, 9.17) is 5.26 Å². The molecule has 1 N–H and O–H groups in total. The fraction of sp³-hybridized carbons (Fsp3) is 0.417. The van der Waals surface area contributed by atoms with Crippen molar-refractivity contribution in [2.24, 2.45) is 5.41 Å². The van der Waals surface area contributed by atoms with Gasteiger partial charge in [-0.25, -0.2) is 0 Å². The molecule has 0 saturated heterocycles. The van der Waals surface area contributed by atoms with Crippen molar-refractivity contribution in [3.8, 4) is 6.07 Å². The van der Waals surface area contributed by atoms with Gasteiger partial charge in [-0.15, -0.1) is 0 Å². The van der Waals surface area contributed by atoms with Crippen LogP contribution in [0.4, 0.5) is 0 Å². The first-order chi connectivity index (χ1) is 7.68. The number of aromatic nitrogens is 1. The van der Waals surface area contributed by atoms with Crippen molar-refractivity contribution >= 4 is 5.91 Å². The van der Waals surface area contributed by atoms with E-state index >= 15 is 0 Å². The van der Waals surface area contributed by atoms with Crippen LogP contribution < -0.4 is 5.32 Å². The summed E-state index contributed by atoms with van der Waals surface area (Å²) in [6.07, 6.45) is 4.76. The number of carbonyl (C=O) groups excluding carboxylic acids is 1. The molecule has 1 atom stereocenters. The Hall–Kier alpha value is -1.89. The predicted octanol–water partition coefficient (Wildman–Crippen LogP) is 1.56. The van der Waals surface area contributed by atoms with Crippen molar-refractivity contribution in [2.45, 2.75) is 25.8 Å². The first-order valence-corrected chi connectivity index (χ1v) is 5.30. The lowest BCUT2D eigenvalue weighted by atomic mass is 10.1. The smallest absolute Gasteiger partial charge is 0.240 e. The molecule has 1 unspecified atom stereocenters. The highest BCUT2D eigenvalue weighted by atomic mass is 16.2. The van der Waals surface area contributed by atoms with Gasteiger partial charge in [0.15, 0.2) is 0 Å². The third kappa shape index (κ3) is 1.89. The van der Waals surface area contributed by atoms with E-state index in [0.29, 0.717) is 12.8 Å². The molecule has 1 fully saturated rings. The van der Waals surface area contributed by atoms with Gasteiger partial charge in [-0.05, 0) is 31.4 Å². The Kier molecular flexibility index (Phi) is 2.61. The Balaban J connectivity index is 2.01. The highest BCUT2D eigenvalue weighted by molar-refractivity contribution is 5.88. The Morgan fingerprint density at radius 1 is 1.69 bits per heavy atom. The zero-order chi connectivity index (χ0) is 11.6. The van der Waals surface area contributed by atoms with Gasteiger partial charge in [-0.3, -0.25) is 9.78 Å². The lowest BCUT2D eigenvalue weighted by molar-refractivity contribution is -0.125. The van der Waals surface area contributed by atoms with Crippen molar-refractivity contribution in [1.82, 2.24) is 10.3 Å². The molecule has 4 heteroatoms. The summed E-state index contributed by atoms with van der Waals surface area (Å²) in [4.78, 5) is 15.8. The monoisotopic (exact) mass is 215 g/mol. The molecule has 2 rings (SSSR count). The number of nitriles is 1. The molecular weight excluding hydrogens is 202 g/mol. The molecule has 1 aromatic rings. The van der Waals surface area contributed by atoms with E-state index in [2.05, 4.69) is 16.4 Å². The Morgan fingerprint density at radius 2 is 2.44 bits per heavy atom. The number of carbonyl (C=O) groups is 1. The van der Waals surface area contributed by atoms with E-state index in [9.17, 15) is 4.79 Å². The lowest BCUT2D eigenvalue weighted by Gasteiger charge is -2.15. The number of nitrogens with zero attached hydrogens (tertiary/aromatic N) is 2. The second-order valence-corrected chi connectivity index (χ2v) is 4.18. The van der Waals surface area contributed by atoms with E-state index in [1.165, 1.54) is 0 Å². The molecule has 0 aromatic carbocycles. The van der Waals surface area contributed by atoms with E-state index in [1.54, 1.807) is 12.4 Å². The standard InChI is InChI=1S/C12H13N3O/c1-9(10-3-2-6-14-7-10)15-11(16)12(8-13)4-5-12/h2-3,6-7,9H,4-5H2,1H3,(H,15,16). The minimum atomic E-state index is -0.754. The quantitative estimate of drug-likeness (QED) is 0.832. The van der Waals surface area contributed by atoms with Crippen molar-refractivity contribution in [3.63, 3.8) is 0 Å². The number of nitrogens with one attached hydrogen (secondary N) is 1. The van der Waals surface area contributed by atoms with E-state index in [-0.39, 0.29) is 11.9 Å². The summed E-state index contributed by atoms with van der Waals surface area (Å²) in [5, 5.41) is 11.7. The molecule has 82 valence electrons. The first kappa shape index (κ1) is 10.6. The fourth-order valence-corrected chi connectivity index (χ4v) is 1.56. The van der Waals surface area contributed by atoms with Gasteiger partial charge in [0.2, 0.25) is 5.91 Å². The zero-order valence-corrected chi connectivity index (χ0v) is 9.10. The van der Waals surface area contributed by atoms with Crippen LogP contribution in [-0.4, -0.2) is 10.9 Å². The Bertz CT molecular complexity index is 431. The van der Waals surface area contributed by atoms with Crippen molar-refractivity contribution in [1.29, 1.82) is 5.26 Å². The van der Waals surface area contributed by atoms with Crippen LogP contribution in [0.5, 0.6) is 0 Å². The van der Waals surface area contributed by atoms with Crippen LogP contribution in [0, 0.1) is 16.7 Å². The summed E-state index contributed by atoms with van der Waals surface area (Å²) in [6.45, 7) is 1.89. The van der Waals surface area contributed by atoms with Crippen LogP contribution in [0.3, 0.4) is 0 Å². The number of pyridine rings is 1. The Morgan fingerprint density at radius 3 is 2.94 bits per heavy atom. The largest absolute Gasteiger partial charge is 0.348 e. The summed E-state index contributed by atoms with van der Waals surface area (Å²) >= 11 is 0. The summed E-state index contributed by atoms with van der Waals surface area (Å²) in [5.74, 6) is -0.161. The van der Waals surface area contributed by atoms with Crippen LogP contribution >= 0.6 is 0 Å². The van der Waals surface area contributed by atoms with Crippen LogP contribution in [0.1, 0.15) is 31.4 Å². The molecule has 1 aliphatic rings. The van der Waals surface area contributed by atoms with Gasteiger partial charge in [0.1, 0.15) is 5.41 Å². The minimum absolute atomic E-state index is 0.105. The van der Waals surface area contributed by atoms with Gasteiger partial charge >= 0.3 is 0 Å². The molecule has 1 amide bonds. The van der Waals surface area contributed by atoms with Crippen molar-refractivity contribution in [2.75, 3.05) is 0 Å². The average molecular weight is 215 g/mol. The van der Waals surface area contributed by atoms with Gasteiger partial charge in [0.05, 0.1) is 12.1 Å². The van der Waals surface area contributed by atoms with Crippen LogP contribution in [0.15, 0.2) is 24.5 Å². The molecule has 16 heavy (non-hydrogen) atoms. The minimum Gasteiger partial charge on any atom is -0.348 e. The second kappa shape index (κ2) is 3.93. The third-order valence-electron chi connectivity index (χ3n) is 2.93. The van der Waals surface area contributed by atoms with Gasteiger partial charge in [0.25, 0.3) is 0 Å². The molecule has 0 spiro atoms. The van der Waals surface area contributed by atoms with E-state index in [1.807, 2.05) is 19.1 Å². The predicted molar refractivity (Wildman–Crippen MR) is 58.1 cm³/mol. The summed E-state index contributed by atoms with van der Waals surface area (Å²) < 4.78 is 0. The summed E-state index contributed by atoms with van der Waals surface area (Å²) in [5.41, 5.74) is 0.195. The maximum absolute atomic E-state index is 11.8. The average Bonchev–Trinajstić information content (AvgIpc) is 3.11. The summed E-state index contributed by atoms with van der Waals surface area (Å²) in [7, 11) is 0. The molecule has 1 saturated carbocycles. The summed E-state index contributed by atoms with van der Waals surface area (Å²) in [6, 6.07) is 5.71. The van der Waals surface area contributed by atoms with Crippen molar-refractivity contribution in [3.05, 3.63) is 30.1 Å². The van der Waals surface area contributed by atoms with Gasteiger partial charge in [0, 0.05) is 12.4 Å². The van der Waals surface area contributed by atoms with E-state index in [0.717, 1.165) is 5.56 Å². The maximum Gasteiger partial charge on any atom is 0.240 e. The Labute approximate surface area is 94.3 Å². The third-order valence-corrected chi connectivity index (χ3v) is 2.93. The van der Waals surface area contributed by atoms with Crippen LogP contribution in [-0.2, 0) is 4.79 Å². The number of hydrogen-bond donors (Lipinski definition) is 1. The molecule has 1 aliphatic carbocycles. The fourth-order valence-electron chi connectivity index (χ4n) is 1.56. The van der Waals surface area contributed by atoms with E-state index < -0.39 is 5.41 Å². The van der Waals surface area contributed by atoms with Gasteiger partial charge in [-0.1, -0.05) is 6.07 Å². The topological polar surface area (TPSA) is 65.8 Å². The number of rotatable bonds is 3. The molecule has 0 radical (unpaired) electrons. The highest BCUT2D eigenvalue weighted by Crippen LogP contribution is 2.45. The second-order valence-electron chi connectivity index (χ2n) is 4.18. The molecular formula is C12H13N3O. The zero-order valence-electron chi connectivity index (χ0n) is 9.10. The normalized spacial score (nSPS) is 18.2.